The van der Waals surface area contributed by atoms with Gasteiger partial charge in [-0.15, -0.1) is 0 Å². The van der Waals surface area contributed by atoms with Crippen molar-refractivity contribution in [2.24, 2.45) is 11.8 Å². The van der Waals surface area contributed by atoms with E-state index in [1.165, 1.54) is 10.7 Å². The Balaban J connectivity index is 5.20. The van der Waals surface area contributed by atoms with Crippen molar-refractivity contribution in [1.29, 1.82) is 0 Å². The lowest BCUT2D eigenvalue weighted by atomic mass is 10.0. The maximum absolute atomic E-state index is 12.9. The van der Waals surface area contributed by atoms with Crippen LogP contribution in [0.4, 0.5) is 0 Å². The zero-order valence-corrected chi connectivity index (χ0v) is 14.9. The number of thiocarbonyl (C=S) groups is 2. The molecule has 1 N–H and O–H groups in total. The molecule has 0 aliphatic rings. The second-order valence-electron chi connectivity index (χ2n) is 5.46. The summed E-state index contributed by atoms with van der Waals surface area (Å²) in [6.45, 7) is 8.17. The molecule has 0 amide bonds. The third-order valence-electron chi connectivity index (χ3n) is 3.79. The third kappa shape index (κ3) is 5.34. The Labute approximate surface area is 128 Å². The molecule has 5 heteroatoms. The molecular formula is C14H27O2PS2. The van der Waals surface area contributed by atoms with E-state index in [1.807, 2.05) is 13.8 Å². The summed E-state index contributed by atoms with van der Waals surface area (Å²) in [5.74, 6) is 0.259. The van der Waals surface area contributed by atoms with Crippen LogP contribution in [0, 0.1) is 11.8 Å². The lowest BCUT2D eigenvalue weighted by Crippen LogP contribution is -2.30. The molecular weight excluding hydrogens is 295 g/mol. The van der Waals surface area contributed by atoms with Crippen LogP contribution in [0.5, 0.6) is 0 Å². The maximum atomic E-state index is 12.9. The van der Waals surface area contributed by atoms with Gasteiger partial charge < -0.3 is 4.89 Å². The molecule has 0 spiro atoms. The van der Waals surface area contributed by atoms with Gasteiger partial charge in [0.25, 0.3) is 0 Å². The molecule has 112 valence electrons. The summed E-state index contributed by atoms with van der Waals surface area (Å²) in [6.07, 6.45) is 3.81. The van der Waals surface area contributed by atoms with Gasteiger partial charge in [0.1, 0.15) is 0 Å². The molecule has 19 heavy (non-hydrogen) atoms. The molecule has 0 fully saturated rings. The Bertz CT molecular complexity index is 305. The molecule has 0 rings (SSSR count). The van der Waals surface area contributed by atoms with Crippen molar-refractivity contribution in [2.75, 3.05) is 0 Å². The summed E-state index contributed by atoms with van der Waals surface area (Å²) in [7, 11) is -3.40. The monoisotopic (exact) mass is 322 g/mol. The first kappa shape index (κ1) is 19.4. The first-order valence-electron chi connectivity index (χ1n) is 7.09. The summed E-state index contributed by atoms with van der Waals surface area (Å²) in [4.78, 5) is 10.6. The van der Waals surface area contributed by atoms with Crippen LogP contribution in [0.25, 0.3) is 0 Å². The molecule has 2 nitrogen and oxygen atoms in total. The quantitative estimate of drug-likeness (QED) is 0.460. The molecule has 4 atom stereocenters. The average molecular weight is 322 g/mol. The predicted molar refractivity (Wildman–Crippen MR) is 92.9 cm³/mol. The van der Waals surface area contributed by atoms with E-state index in [-0.39, 0.29) is 11.8 Å². The smallest absolute Gasteiger partial charge is 0.216 e. The molecule has 0 saturated heterocycles. The summed E-state index contributed by atoms with van der Waals surface area (Å²) in [5.41, 5.74) is -0.850. The fourth-order valence-electron chi connectivity index (χ4n) is 2.62. The van der Waals surface area contributed by atoms with Gasteiger partial charge in [-0.3, -0.25) is 4.57 Å². The van der Waals surface area contributed by atoms with Gasteiger partial charge in [-0.05, 0) is 35.4 Å². The Morgan fingerprint density at radius 1 is 1.00 bits per heavy atom. The first-order valence-corrected chi connectivity index (χ1v) is 9.83. The fourth-order valence-corrected chi connectivity index (χ4v) is 6.71. The lowest BCUT2D eigenvalue weighted by Gasteiger charge is -2.32. The summed E-state index contributed by atoms with van der Waals surface area (Å²) < 4.78 is 12.9. The van der Waals surface area contributed by atoms with Gasteiger partial charge in [0.05, 0.1) is 11.3 Å². The molecule has 0 aromatic heterocycles. The highest BCUT2D eigenvalue weighted by Gasteiger charge is 2.41. The van der Waals surface area contributed by atoms with E-state index in [1.54, 1.807) is 0 Å². The molecule has 0 aromatic carbocycles. The van der Waals surface area contributed by atoms with Gasteiger partial charge in [-0.1, -0.05) is 65.0 Å². The standard InChI is InChI=1S/C14H27O2PS2/c1-5-7-11(3)13(9-18)17(15,16)14(10-19)12(4)8-6-2/h9-14H,5-8H2,1-4H3,(H,15,16). The number of hydrogen-bond donors (Lipinski definition) is 1. The highest BCUT2D eigenvalue weighted by Crippen LogP contribution is 2.56. The minimum Gasteiger partial charge on any atom is -0.343 e. The van der Waals surface area contributed by atoms with Crippen molar-refractivity contribution in [3.05, 3.63) is 0 Å². The van der Waals surface area contributed by atoms with Crippen molar-refractivity contribution < 1.29 is 9.46 Å². The second kappa shape index (κ2) is 9.33. The summed E-state index contributed by atoms with van der Waals surface area (Å²) >= 11 is 10.1. The zero-order chi connectivity index (χ0) is 15.1. The van der Waals surface area contributed by atoms with Gasteiger partial charge in [0, 0.05) is 0 Å². The highest BCUT2D eigenvalue weighted by molar-refractivity contribution is 7.81. The molecule has 0 bridgehead atoms. The van der Waals surface area contributed by atoms with Crippen LogP contribution in [0.3, 0.4) is 0 Å². The van der Waals surface area contributed by atoms with E-state index in [9.17, 15) is 9.46 Å². The maximum Gasteiger partial charge on any atom is 0.216 e. The van der Waals surface area contributed by atoms with Gasteiger partial charge in [-0.25, -0.2) is 0 Å². The van der Waals surface area contributed by atoms with E-state index in [4.69, 9.17) is 24.4 Å². The highest BCUT2D eigenvalue weighted by atomic mass is 32.1. The number of rotatable bonds is 10. The topological polar surface area (TPSA) is 37.3 Å². The van der Waals surface area contributed by atoms with Crippen LogP contribution in [0.15, 0.2) is 0 Å². The van der Waals surface area contributed by atoms with E-state index in [0.717, 1.165) is 25.7 Å². The van der Waals surface area contributed by atoms with Gasteiger partial charge in [0.15, 0.2) is 0 Å². The number of hydrogen-bond acceptors (Lipinski definition) is 3. The van der Waals surface area contributed by atoms with E-state index in [0.29, 0.717) is 0 Å². The van der Waals surface area contributed by atoms with Crippen molar-refractivity contribution >= 4 is 42.5 Å². The summed E-state index contributed by atoms with van der Waals surface area (Å²) in [5, 5.41) is 2.98. The zero-order valence-electron chi connectivity index (χ0n) is 12.4. The third-order valence-corrected chi connectivity index (χ3v) is 7.80. The molecule has 0 radical (unpaired) electrons. The second-order valence-corrected chi connectivity index (χ2v) is 8.54. The van der Waals surface area contributed by atoms with Gasteiger partial charge in [0.2, 0.25) is 7.37 Å². The van der Waals surface area contributed by atoms with Gasteiger partial charge in [-0.2, -0.15) is 0 Å². The van der Waals surface area contributed by atoms with Crippen LogP contribution in [-0.4, -0.2) is 26.9 Å². The Hall–Kier alpha value is 0.370. The van der Waals surface area contributed by atoms with Crippen molar-refractivity contribution in [2.45, 2.75) is 64.7 Å². The van der Waals surface area contributed by atoms with Crippen LogP contribution in [-0.2, 0) is 4.57 Å². The average Bonchev–Trinajstić information content (AvgIpc) is 2.30. The Kier molecular flexibility index (Phi) is 9.51. The Morgan fingerprint density at radius 3 is 1.53 bits per heavy atom. The molecule has 0 heterocycles. The van der Waals surface area contributed by atoms with E-state index >= 15 is 0 Å². The summed E-state index contributed by atoms with van der Waals surface area (Å²) in [6, 6.07) is 0. The molecule has 0 saturated carbocycles. The minimum atomic E-state index is -3.40. The van der Waals surface area contributed by atoms with Crippen LogP contribution in [0.2, 0.25) is 0 Å². The Morgan fingerprint density at radius 2 is 1.32 bits per heavy atom. The normalized spacial score (nSPS) is 20.9. The van der Waals surface area contributed by atoms with Crippen molar-refractivity contribution in [3.63, 3.8) is 0 Å². The molecule has 0 aromatic rings. The minimum absolute atomic E-state index is 0.129. The van der Waals surface area contributed by atoms with E-state index in [2.05, 4.69) is 13.8 Å². The van der Waals surface area contributed by atoms with Crippen molar-refractivity contribution in [3.8, 4) is 0 Å². The lowest BCUT2D eigenvalue weighted by molar-refractivity contribution is 0.420. The van der Waals surface area contributed by atoms with E-state index < -0.39 is 18.7 Å². The molecule has 4 unspecified atom stereocenters. The fraction of sp³-hybridized carbons (Fsp3) is 0.857. The SMILES string of the molecule is CCCC(C)C(C=S)P(=O)(O)C(C=S)C(C)CCC. The van der Waals surface area contributed by atoms with Crippen LogP contribution >= 0.6 is 31.8 Å². The van der Waals surface area contributed by atoms with Crippen LogP contribution < -0.4 is 0 Å². The van der Waals surface area contributed by atoms with Crippen molar-refractivity contribution in [1.82, 2.24) is 0 Å². The molecule has 0 aliphatic heterocycles. The molecule has 0 aliphatic carbocycles. The predicted octanol–water partition coefficient (Wildman–Crippen LogP) is 4.87. The largest absolute Gasteiger partial charge is 0.343 e. The van der Waals surface area contributed by atoms with Gasteiger partial charge >= 0.3 is 0 Å². The first-order chi connectivity index (χ1) is 8.86. The van der Waals surface area contributed by atoms with Crippen LogP contribution in [0.1, 0.15) is 53.4 Å².